The van der Waals surface area contributed by atoms with Crippen molar-refractivity contribution in [1.29, 1.82) is 0 Å². The van der Waals surface area contributed by atoms with Crippen molar-refractivity contribution in [1.82, 2.24) is 24.8 Å². The van der Waals surface area contributed by atoms with Crippen LogP contribution in [0.5, 0.6) is 0 Å². The van der Waals surface area contributed by atoms with Crippen LogP contribution in [0.1, 0.15) is 24.7 Å². The van der Waals surface area contributed by atoms with E-state index in [-0.39, 0.29) is 5.56 Å². The maximum atomic E-state index is 11.9. The Balaban J connectivity index is 1.64. The SMILES string of the molecule is CCc1cc(=O)n2nc(NCCCc3ccn[nH]3)sc2n1. The van der Waals surface area contributed by atoms with Crippen molar-refractivity contribution in [2.45, 2.75) is 26.2 Å². The molecule has 0 aliphatic heterocycles. The van der Waals surface area contributed by atoms with E-state index in [4.69, 9.17) is 0 Å². The number of aromatic nitrogens is 5. The zero-order chi connectivity index (χ0) is 14.7. The molecular formula is C13H16N6OS. The van der Waals surface area contributed by atoms with E-state index in [1.807, 2.05) is 13.0 Å². The van der Waals surface area contributed by atoms with Crippen LogP contribution in [0.25, 0.3) is 4.96 Å². The number of hydrogen-bond donors (Lipinski definition) is 2. The van der Waals surface area contributed by atoms with Gasteiger partial charge in [-0.1, -0.05) is 18.3 Å². The van der Waals surface area contributed by atoms with Crippen LogP contribution < -0.4 is 10.9 Å². The number of H-pyrrole nitrogens is 1. The van der Waals surface area contributed by atoms with Gasteiger partial charge in [0.05, 0.1) is 0 Å². The minimum absolute atomic E-state index is 0.126. The number of aromatic amines is 1. The molecule has 0 aliphatic carbocycles. The van der Waals surface area contributed by atoms with E-state index >= 15 is 0 Å². The van der Waals surface area contributed by atoms with E-state index in [1.165, 1.54) is 21.9 Å². The summed E-state index contributed by atoms with van der Waals surface area (Å²) in [5.74, 6) is 0. The molecule has 0 aromatic carbocycles. The van der Waals surface area contributed by atoms with Gasteiger partial charge in [-0.05, 0) is 25.3 Å². The van der Waals surface area contributed by atoms with Crippen molar-refractivity contribution in [3.8, 4) is 0 Å². The van der Waals surface area contributed by atoms with Crippen LogP contribution >= 0.6 is 11.3 Å². The fraction of sp³-hybridized carbons (Fsp3) is 0.385. The zero-order valence-corrected chi connectivity index (χ0v) is 12.5. The lowest BCUT2D eigenvalue weighted by Crippen LogP contribution is -2.15. The smallest absolute Gasteiger partial charge is 0.275 e. The highest BCUT2D eigenvalue weighted by atomic mass is 32.1. The molecule has 0 atom stereocenters. The summed E-state index contributed by atoms with van der Waals surface area (Å²) in [5.41, 5.74) is 1.79. The molecule has 0 saturated heterocycles. The molecule has 3 aromatic heterocycles. The highest BCUT2D eigenvalue weighted by Crippen LogP contribution is 2.16. The third kappa shape index (κ3) is 3.10. The average molecular weight is 304 g/mol. The molecule has 0 bridgehead atoms. The Labute approximate surface area is 125 Å². The van der Waals surface area contributed by atoms with Crippen LogP contribution in [0.2, 0.25) is 0 Å². The summed E-state index contributed by atoms with van der Waals surface area (Å²) < 4.78 is 1.35. The van der Waals surface area contributed by atoms with Gasteiger partial charge in [0.25, 0.3) is 5.56 Å². The molecule has 3 rings (SSSR count). The summed E-state index contributed by atoms with van der Waals surface area (Å²) in [6, 6.07) is 3.50. The van der Waals surface area contributed by atoms with Gasteiger partial charge in [-0.2, -0.15) is 9.61 Å². The Morgan fingerprint density at radius 2 is 2.38 bits per heavy atom. The van der Waals surface area contributed by atoms with Crippen molar-refractivity contribution >= 4 is 21.4 Å². The van der Waals surface area contributed by atoms with Gasteiger partial charge in [0.2, 0.25) is 10.1 Å². The molecule has 3 heterocycles. The number of fused-ring (bicyclic) bond motifs is 1. The first-order valence-electron chi connectivity index (χ1n) is 6.88. The van der Waals surface area contributed by atoms with Crippen molar-refractivity contribution < 1.29 is 0 Å². The van der Waals surface area contributed by atoms with Crippen LogP contribution in [-0.4, -0.2) is 31.3 Å². The molecule has 0 saturated carbocycles. The van der Waals surface area contributed by atoms with Crippen LogP contribution in [0.3, 0.4) is 0 Å². The third-order valence-electron chi connectivity index (χ3n) is 3.12. The molecule has 8 heteroatoms. The van der Waals surface area contributed by atoms with Gasteiger partial charge in [0.1, 0.15) is 0 Å². The summed E-state index contributed by atoms with van der Waals surface area (Å²) in [6.45, 7) is 2.77. The van der Waals surface area contributed by atoms with E-state index in [9.17, 15) is 4.79 Å². The van der Waals surface area contributed by atoms with E-state index in [0.717, 1.165) is 42.3 Å². The fourth-order valence-corrected chi connectivity index (χ4v) is 2.86. The Kier molecular flexibility index (Phi) is 3.96. The fourth-order valence-electron chi connectivity index (χ4n) is 2.01. The number of nitrogens with zero attached hydrogens (tertiary/aromatic N) is 4. The van der Waals surface area contributed by atoms with E-state index in [0.29, 0.717) is 4.96 Å². The Hall–Kier alpha value is -2.22. The average Bonchev–Trinajstić information content (AvgIpc) is 3.12. The van der Waals surface area contributed by atoms with Gasteiger partial charge in [-0.15, -0.1) is 5.10 Å². The van der Waals surface area contributed by atoms with Gasteiger partial charge >= 0.3 is 0 Å². The highest BCUT2D eigenvalue weighted by molar-refractivity contribution is 7.20. The molecule has 7 nitrogen and oxygen atoms in total. The summed E-state index contributed by atoms with van der Waals surface area (Å²) >= 11 is 1.40. The summed E-state index contributed by atoms with van der Waals surface area (Å²) in [4.78, 5) is 16.9. The maximum absolute atomic E-state index is 11.9. The second-order valence-corrected chi connectivity index (χ2v) is 5.61. The van der Waals surface area contributed by atoms with Crippen molar-refractivity contribution in [3.05, 3.63) is 40.1 Å². The molecule has 2 N–H and O–H groups in total. The largest absolute Gasteiger partial charge is 0.360 e. The first-order valence-corrected chi connectivity index (χ1v) is 7.70. The Morgan fingerprint density at radius 3 is 3.14 bits per heavy atom. The van der Waals surface area contributed by atoms with Crippen LogP contribution in [0.4, 0.5) is 5.13 Å². The molecule has 21 heavy (non-hydrogen) atoms. The third-order valence-corrected chi connectivity index (χ3v) is 3.98. The number of anilines is 1. The first kappa shape index (κ1) is 13.7. The molecule has 110 valence electrons. The summed E-state index contributed by atoms with van der Waals surface area (Å²) in [7, 11) is 0. The molecule has 0 amide bonds. The van der Waals surface area contributed by atoms with E-state index < -0.39 is 0 Å². The first-order chi connectivity index (χ1) is 10.3. The van der Waals surface area contributed by atoms with Crippen LogP contribution in [0, 0.1) is 0 Å². The zero-order valence-electron chi connectivity index (χ0n) is 11.7. The van der Waals surface area contributed by atoms with E-state index in [2.05, 4.69) is 25.6 Å². The lowest BCUT2D eigenvalue weighted by molar-refractivity contribution is 0.818. The van der Waals surface area contributed by atoms with Gasteiger partial charge in [0, 0.05) is 30.2 Å². The number of hydrogen-bond acceptors (Lipinski definition) is 6. The molecule has 0 radical (unpaired) electrons. The molecule has 0 fully saturated rings. The molecule has 0 aliphatic rings. The standard InChI is InChI=1S/C13H16N6OS/c1-2-9-8-11(20)19-13(16-9)21-12(18-19)14-6-3-4-10-5-7-15-17-10/h5,7-8H,2-4,6H2,1H3,(H,14,18)(H,15,17). The lowest BCUT2D eigenvalue weighted by atomic mass is 10.2. The predicted molar refractivity (Wildman–Crippen MR) is 81.9 cm³/mol. The Morgan fingerprint density at radius 1 is 1.48 bits per heavy atom. The minimum Gasteiger partial charge on any atom is -0.360 e. The van der Waals surface area contributed by atoms with Gasteiger partial charge in [-0.3, -0.25) is 9.89 Å². The highest BCUT2D eigenvalue weighted by Gasteiger charge is 2.07. The van der Waals surface area contributed by atoms with Crippen molar-refractivity contribution in [2.24, 2.45) is 0 Å². The predicted octanol–water partition coefficient (Wildman–Crippen LogP) is 1.48. The summed E-state index contributed by atoms with van der Waals surface area (Å²) in [6.07, 6.45) is 4.38. The lowest BCUT2D eigenvalue weighted by Gasteiger charge is -2.00. The second kappa shape index (κ2) is 6.04. The van der Waals surface area contributed by atoms with Crippen molar-refractivity contribution in [3.63, 3.8) is 0 Å². The maximum Gasteiger partial charge on any atom is 0.275 e. The van der Waals surface area contributed by atoms with Crippen LogP contribution in [0.15, 0.2) is 23.1 Å². The quantitative estimate of drug-likeness (QED) is 0.673. The van der Waals surface area contributed by atoms with E-state index in [1.54, 1.807) is 6.20 Å². The number of nitrogens with one attached hydrogen (secondary N) is 2. The second-order valence-electron chi connectivity index (χ2n) is 4.65. The molecule has 0 unspecified atom stereocenters. The molecule has 3 aromatic rings. The van der Waals surface area contributed by atoms with Gasteiger partial charge < -0.3 is 5.32 Å². The molecule has 0 spiro atoms. The molecular weight excluding hydrogens is 288 g/mol. The van der Waals surface area contributed by atoms with Gasteiger partial charge in [-0.25, -0.2) is 4.98 Å². The van der Waals surface area contributed by atoms with Crippen LogP contribution in [-0.2, 0) is 12.8 Å². The van der Waals surface area contributed by atoms with Crippen molar-refractivity contribution in [2.75, 3.05) is 11.9 Å². The monoisotopic (exact) mass is 304 g/mol. The summed E-state index contributed by atoms with van der Waals surface area (Å²) in [5, 5.41) is 15.0. The number of aryl methyl sites for hydroxylation is 2. The Bertz CT molecular complexity index is 776. The minimum atomic E-state index is -0.126. The van der Waals surface area contributed by atoms with Gasteiger partial charge in [0.15, 0.2) is 0 Å². The normalized spacial score (nSPS) is 11.1. The number of rotatable bonds is 6. The topological polar surface area (TPSA) is 88.0 Å².